The predicted molar refractivity (Wildman–Crippen MR) is 81.6 cm³/mol. The molecule has 108 valence electrons. The normalized spacial score (nSPS) is 10.0. The number of benzene rings is 2. The van der Waals surface area contributed by atoms with Crippen molar-refractivity contribution >= 4 is 34.9 Å². The highest BCUT2D eigenvalue weighted by atomic mass is 35.5. The van der Waals surface area contributed by atoms with Crippen molar-refractivity contribution in [2.24, 2.45) is 0 Å². The number of hydrogen-bond donors (Lipinski definition) is 2. The maximum atomic E-state index is 12.1. The van der Waals surface area contributed by atoms with Crippen molar-refractivity contribution in [3.05, 3.63) is 58.6 Å². The number of hydrogen-bond acceptors (Lipinski definition) is 4. The lowest BCUT2D eigenvalue weighted by molar-refractivity contribution is 0.0600. The van der Waals surface area contributed by atoms with Crippen molar-refractivity contribution in [2.75, 3.05) is 18.2 Å². The molecule has 21 heavy (non-hydrogen) atoms. The van der Waals surface area contributed by atoms with E-state index in [0.717, 1.165) is 0 Å². The maximum Gasteiger partial charge on any atom is 0.337 e. The topological polar surface area (TPSA) is 81.4 Å². The Hall–Kier alpha value is -2.53. The summed E-state index contributed by atoms with van der Waals surface area (Å²) in [6, 6.07) is 11.0. The van der Waals surface area contributed by atoms with E-state index in [9.17, 15) is 9.59 Å². The zero-order valence-electron chi connectivity index (χ0n) is 11.2. The molecule has 2 aromatic rings. The Morgan fingerprint density at radius 2 is 1.90 bits per heavy atom. The van der Waals surface area contributed by atoms with Gasteiger partial charge in [-0.1, -0.05) is 17.7 Å². The summed E-state index contributed by atoms with van der Waals surface area (Å²) in [7, 11) is 1.28. The number of anilines is 2. The van der Waals surface area contributed by atoms with Gasteiger partial charge in [-0.15, -0.1) is 0 Å². The first kappa shape index (κ1) is 14.9. The van der Waals surface area contributed by atoms with Gasteiger partial charge < -0.3 is 15.8 Å². The SMILES string of the molecule is COC(=O)c1ccc(Cl)c(NC(=O)c2cccc(N)c2)c1. The van der Waals surface area contributed by atoms with Crippen molar-refractivity contribution in [1.29, 1.82) is 0 Å². The zero-order valence-corrected chi connectivity index (χ0v) is 12.0. The van der Waals surface area contributed by atoms with Gasteiger partial charge in [0.1, 0.15) is 0 Å². The molecule has 1 amide bonds. The molecule has 0 spiro atoms. The molecule has 0 radical (unpaired) electrons. The van der Waals surface area contributed by atoms with E-state index in [1.807, 2.05) is 0 Å². The molecule has 6 heteroatoms. The summed E-state index contributed by atoms with van der Waals surface area (Å²) in [5.74, 6) is -0.877. The highest BCUT2D eigenvalue weighted by Crippen LogP contribution is 2.24. The molecule has 0 fully saturated rings. The molecule has 0 aliphatic rings. The molecular weight excluding hydrogens is 292 g/mol. The second kappa shape index (κ2) is 6.28. The van der Waals surface area contributed by atoms with Gasteiger partial charge in [-0.25, -0.2) is 4.79 Å². The number of carbonyl (C=O) groups excluding carboxylic acids is 2. The van der Waals surface area contributed by atoms with E-state index in [1.54, 1.807) is 24.3 Å². The Morgan fingerprint density at radius 3 is 2.57 bits per heavy atom. The molecule has 5 nitrogen and oxygen atoms in total. The average molecular weight is 305 g/mol. The summed E-state index contributed by atoms with van der Waals surface area (Å²) < 4.78 is 4.63. The van der Waals surface area contributed by atoms with Gasteiger partial charge in [-0.2, -0.15) is 0 Å². The van der Waals surface area contributed by atoms with Gasteiger partial charge in [0.2, 0.25) is 0 Å². The Labute approximate surface area is 126 Å². The lowest BCUT2D eigenvalue weighted by Gasteiger charge is -2.09. The van der Waals surface area contributed by atoms with E-state index in [-0.39, 0.29) is 5.91 Å². The zero-order chi connectivity index (χ0) is 15.4. The number of rotatable bonds is 3. The first-order chi connectivity index (χ1) is 10.0. The van der Waals surface area contributed by atoms with Gasteiger partial charge >= 0.3 is 5.97 Å². The Kier molecular flexibility index (Phi) is 4.45. The number of amides is 1. The van der Waals surface area contributed by atoms with Crippen molar-refractivity contribution in [3.63, 3.8) is 0 Å². The van der Waals surface area contributed by atoms with Crippen LogP contribution in [-0.2, 0) is 4.74 Å². The molecule has 0 heterocycles. The van der Waals surface area contributed by atoms with Gasteiger partial charge in [0.25, 0.3) is 5.91 Å². The molecule has 0 aliphatic carbocycles. The van der Waals surface area contributed by atoms with E-state index in [4.69, 9.17) is 17.3 Å². The number of nitrogens with one attached hydrogen (secondary N) is 1. The summed E-state index contributed by atoms with van der Waals surface area (Å²) in [4.78, 5) is 23.6. The highest BCUT2D eigenvalue weighted by Gasteiger charge is 2.12. The molecule has 0 saturated carbocycles. The van der Waals surface area contributed by atoms with Crippen molar-refractivity contribution in [3.8, 4) is 0 Å². The number of nitrogens with two attached hydrogens (primary N) is 1. The van der Waals surface area contributed by atoms with Crippen LogP contribution in [0.25, 0.3) is 0 Å². The Bertz CT molecular complexity index is 701. The van der Waals surface area contributed by atoms with Crippen LogP contribution in [0.5, 0.6) is 0 Å². The summed E-state index contributed by atoms with van der Waals surface area (Å²) in [6.07, 6.45) is 0. The third-order valence-corrected chi connectivity index (χ3v) is 3.11. The van der Waals surface area contributed by atoms with Crippen LogP contribution in [0.15, 0.2) is 42.5 Å². The second-order valence-electron chi connectivity index (χ2n) is 4.27. The summed E-state index contributed by atoms with van der Waals surface area (Å²) >= 11 is 6.02. The van der Waals surface area contributed by atoms with Gasteiger partial charge in [0.15, 0.2) is 0 Å². The molecule has 0 saturated heterocycles. The Balaban J connectivity index is 2.26. The summed E-state index contributed by atoms with van der Waals surface area (Å²) in [5.41, 5.74) is 7.14. The summed E-state index contributed by atoms with van der Waals surface area (Å²) in [5, 5.41) is 2.96. The average Bonchev–Trinajstić information content (AvgIpc) is 2.48. The van der Waals surface area contributed by atoms with Gasteiger partial charge in [0.05, 0.1) is 23.4 Å². The van der Waals surface area contributed by atoms with E-state index in [0.29, 0.717) is 27.5 Å². The highest BCUT2D eigenvalue weighted by molar-refractivity contribution is 6.34. The van der Waals surface area contributed by atoms with E-state index in [2.05, 4.69) is 10.1 Å². The van der Waals surface area contributed by atoms with Crippen molar-refractivity contribution in [2.45, 2.75) is 0 Å². The third kappa shape index (κ3) is 3.52. The number of carbonyl (C=O) groups is 2. The van der Waals surface area contributed by atoms with Gasteiger partial charge in [-0.05, 0) is 36.4 Å². The van der Waals surface area contributed by atoms with Crippen LogP contribution < -0.4 is 11.1 Å². The molecule has 0 unspecified atom stereocenters. The second-order valence-corrected chi connectivity index (χ2v) is 4.67. The predicted octanol–water partition coefficient (Wildman–Crippen LogP) is 2.96. The Morgan fingerprint density at radius 1 is 1.14 bits per heavy atom. The van der Waals surface area contributed by atoms with E-state index < -0.39 is 5.97 Å². The third-order valence-electron chi connectivity index (χ3n) is 2.78. The molecule has 0 aliphatic heterocycles. The largest absolute Gasteiger partial charge is 0.465 e. The molecule has 3 N–H and O–H groups in total. The fourth-order valence-electron chi connectivity index (χ4n) is 1.74. The van der Waals surface area contributed by atoms with Crippen molar-refractivity contribution in [1.82, 2.24) is 0 Å². The monoisotopic (exact) mass is 304 g/mol. The van der Waals surface area contributed by atoms with Crippen LogP contribution in [0.2, 0.25) is 5.02 Å². The fraction of sp³-hybridized carbons (Fsp3) is 0.0667. The lowest BCUT2D eigenvalue weighted by Crippen LogP contribution is -2.13. The van der Waals surface area contributed by atoms with Crippen LogP contribution in [0.3, 0.4) is 0 Å². The van der Waals surface area contributed by atoms with Crippen LogP contribution in [0.4, 0.5) is 11.4 Å². The summed E-state index contributed by atoms with van der Waals surface area (Å²) in [6.45, 7) is 0. The van der Waals surface area contributed by atoms with Gasteiger partial charge in [0, 0.05) is 11.3 Å². The number of esters is 1. The standard InChI is InChI=1S/C15H13ClN2O3/c1-21-15(20)10-5-6-12(16)13(8-10)18-14(19)9-3-2-4-11(17)7-9/h2-8H,17H2,1H3,(H,18,19). The molecule has 0 aromatic heterocycles. The van der Waals surface area contributed by atoms with Crippen LogP contribution in [0.1, 0.15) is 20.7 Å². The number of ether oxygens (including phenoxy) is 1. The molecule has 2 aromatic carbocycles. The first-order valence-corrected chi connectivity index (χ1v) is 6.44. The first-order valence-electron chi connectivity index (χ1n) is 6.06. The minimum atomic E-state index is -0.508. The van der Waals surface area contributed by atoms with E-state index in [1.165, 1.54) is 25.3 Å². The minimum Gasteiger partial charge on any atom is -0.465 e. The lowest BCUT2D eigenvalue weighted by atomic mass is 10.1. The minimum absolute atomic E-state index is 0.296. The molecule has 0 bridgehead atoms. The number of halogens is 1. The van der Waals surface area contributed by atoms with Crippen LogP contribution >= 0.6 is 11.6 Å². The quantitative estimate of drug-likeness (QED) is 0.674. The molecule has 0 atom stereocenters. The van der Waals surface area contributed by atoms with Gasteiger partial charge in [-0.3, -0.25) is 4.79 Å². The van der Waals surface area contributed by atoms with Crippen molar-refractivity contribution < 1.29 is 14.3 Å². The maximum absolute atomic E-state index is 12.1. The van der Waals surface area contributed by atoms with Crippen LogP contribution in [-0.4, -0.2) is 19.0 Å². The fourth-order valence-corrected chi connectivity index (χ4v) is 1.91. The van der Waals surface area contributed by atoms with E-state index >= 15 is 0 Å². The molecule has 2 rings (SSSR count). The van der Waals surface area contributed by atoms with Crippen LogP contribution in [0, 0.1) is 0 Å². The number of nitrogen functional groups attached to an aromatic ring is 1. The molecular formula is C15H13ClN2O3. The smallest absolute Gasteiger partial charge is 0.337 e. The number of methoxy groups -OCH3 is 1.